The Kier molecular flexibility index (Phi) is 11.9. The molecule has 8 nitrogen and oxygen atoms in total. The van der Waals surface area contributed by atoms with Gasteiger partial charge in [0.15, 0.2) is 0 Å². The number of aryl methyl sites for hydroxylation is 4. The molecule has 0 amide bonds. The summed E-state index contributed by atoms with van der Waals surface area (Å²) in [6.45, 7) is 7.94. The molecule has 9 aromatic heterocycles. The van der Waals surface area contributed by atoms with Crippen LogP contribution in [0.25, 0.3) is 76.1 Å². The van der Waals surface area contributed by atoms with Crippen LogP contribution in [0, 0.1) is 27.7 Å². The Morgan fingerprint density at radius 1 is 0.429 bits per heavy atom. The summed E-state index contributed by atoms with van der Waals surface area (Å²) in [5, 5.41) is 4.18. The second kappa shape index (κ2) is 17.3. The smallest absolute Gasteiger partial charge is 0.337 e. The number of imidazole rings is 1. The van der Waals surface area contributed by atoms with Gasteiger partial charge >= 0.3 is 19.5 Å². The first kappa shape index (κ1) is 38.4. The van der Waals surface area contributed by atoms with Crippen molar-refractivity contribution in [3.8, 4) is 43.2 Å². The van der Waals surface area contributed by atoms with Gasteiger partial charge in [0.05, 0.1) is 49.7 Å². The maximum atomic E-state index is 4.95. The van der Waals surface area contributed by atoms with Crippen molar-refractivity contribution in [1.29, 1.82) is 0 Å². The van der Waals surface area contributed by atoms with Crippen molar-refractivity contribution < 1.29 is 19.5 Å². The number of nitrogens with one attached hydrogen (secondary N) is 1. The van der Waals surface area contributed by atoms with E-state index < -0.39 is 0 Å². The molecule has 0 aliphatic heterocycles. The van der Waals surface area contributed by atoms with Gasteiger partial charge in [-0.2, -0.15) is 0 Å². The van der Waals surface area contributed by atoms with Gasteiger partial charge in [0.25, 0.3) is 0 Å². The van der Waals surface area contributed by atoms with Gasteiger partial charge in [-0.1, -0.05) is 30.3 Å². The molecule has 56 heavy (non-hydrogen) atoms. The summed E-state index contributed by atoms with van der Waals surface area (Å²) in [6, 6.07) is 40.5. The number of aromatic nitrogens is 8. The van der Waals surface area contributed by atoms with Crippen molar-refractivity contribution in [1.82, 2.24) is 39.9 Å². The van der Waals surface area contributed by atoms with Crippen LogP contribution in [0.1, 0.15) is 22.8 Å². The number of nitrogens with zero attached hydrogens (tertiary/aromatic N) is 7. The van der Waals surface area contributed by atoms with Crippen LogP contribution >= 0.6 is 22.7 Å². The molecule has 1 aromatic carbocycles. The van der Waals surface area contributed by atoms with Crippen LogP contribution in [0.2, 0.25) is 0 Å². The normalized spacial score (nSPS) is 10.7. The molecule has 1 radical (unpaired) electrons. The quantitative estimate of drug-likeness (QED) is 0.139. The van der Waals surface area contributed by atoms with Crippen LogP contribution in [0.15, 0.2) is 139 Å². The number of thiophene rings is 2. The second-order valence-corrected chi connectivity index (χ2v) is 14.9. The Hall–Kier alpha value is -5.87. The van der Waals surface area contributed by atoms with E-state index in [0.717, 1.165) is 89.1 Å². The molecule has 273 valence electrons. The standard InChI is InChI=1S/C21H12N4S2.2C12H12N2.Ru/c1-4-12-17(22-9-1)18-13(5-2-10-23-18)20-19(12)24-21(25-20)16-8-7-15(27-16)14-6-3-11-26-14;2*1-9-5-3-7-11(13-9)12-8-4-6-10(2)14-12;/h1-11H,(H,24,25);2*3-8H,1-2H3;/q;;;+3. The van der Waals surface area contributed by atoms with E-state index in [1.54, 1.807) is 22.7 Å². The minimum absolute atomic E-state index is 0. The molecule has 0 saturated heterocycles. The number of pyridine rings is 6. The molecule has 10 aromatic rings. The van der Waals surface area contributed by atoms with Crippen LogP contribution in [0.4, 0.5) is 0 Å². The summed E-state index contributed by atoms with van der Waals surface area (Å²) in [5.74, 6) is 0.888. The Morgan fingerprint density at radius 2 is 0.911 bits per heavy atom. The van der Waals surface area contributed by atoms with E-state index in [9.17, 15) is 0 Å². The van der Waals surface area contributed by atoms with E-state index in [-0.39, 0.29) is 19.5 Å². The number of benzene rings is 1. The van der Waals surface area contributed by atoms with Gasteiger partial charge in [-0.3, -0.25) is 29.9 Å². The molecule has 0 spiro atoms. The third-order valence-electron chi connectivity index (χ3n) is 8.75. The van der Waals surface area contributed by atoms with Gasteiger partial charge in [0.1, 0.15) is 5.82 Å². The van der Waals surface area contributed by atoms with Crippen molar-refractivity contribution in [3.63, 3.8) is 0 Å². The summed E-state index contributed by atoms with van der Waals surface area (Å²) in [5.41, 5.74) is 11.6. The monoisotopic (exact) mass is 854 g/mol. The summed E-state index contributed by atoms with van der Waals surface area (Å²) < 4.78 is 0. The zero-order valence-electron chi connectivity index (χ0n) is 31.1. The molecule has 0 saturated carbocycles. The van der Waals surface area contributed by atoms with Crippen LogP contribution in [0.5, 0.6) is 0 Å². The van der Waals surface area contributed by atoms with Crippen molar-refractivity contribution in [2.24, 2.45) is 0 Å². The fraction of sp³-hybridized carbons (Fsp3) is 0.0889. The van der Waals surface area contributed by atoms with Crippen LogP contribution in [-0.4, -0.2) is 39.9 Å². The summed E-state index contributed by atoms with van der Waals surface area (Å²) in [6.07, 6.45) is 3.62. The molecule has 0 aliphatic rings. The van der Waals surface area contributed by atoms with Crippen molar-refractivity contribution in [3.05, 3.63) is 162 Å². The average molecular weight is 854 g/mol. The first-order valence-corrected chi connectivity index (χ1v) is 19.5. The minimum atomic E-state index is 0. The van der Waals surface area contributed by atoms with Crippen LogP contribution in [0.3, 0.4) is 0 Å². The molecule has 1 N–H and O–H groups in total. The Bertz CT molecular complexity index is 2650. The number of hydrogen-bond donors (Lipinski definition) is 1. The average Bonchev–Trinajstić information content (AvgIpc) is 4.01. The minimum Gasteiger partial charge on any atom is -0.337 e. The molecule has 9 heterocycles. The van der Waals surface area contributed by atoms with E-state index in [1.165, 1.54) is 9.75 Å². The van der Waals surface area contributed by atoms with Gasteiger partial charge in [0, 0.05) is 55.7 Å². The molecule has 0 fully saturated rings. The fourth-order valence-corrected chi connectivity index (χ4v) is 8.01. The zero-order chi connectivity index (χ0) is 37.7. The molecule has 0 aliphatic carbocycles. The van der Waals surface area contributed by atoms with E-state index in [2.05, 4.69) is 76.7 Å². The number of aromatic amines is 1. The Morgan fingerprint density at radius 3 is 1.39 bits per heavy atom. The second-order valence-electron chi connectivity index (χ2n) is 12.9. The van der Waals surface area contributed by atoms with Gasteiger partial charge in [-0.15, -0.1) is 22.7 Å². The first-order valence-electron chi connectivity index (χ1n) is 17.8. The molecule has 10 rings (SSSR count). The summed E-state index contributed by atoms with van der Waals surface area (Å²) in [4.78, 5) is 39.0. The van der Waals surface area contributed by atoms with Gasteiger partial charge in [0.2, 0.25) is 0 Å². The number of fused-ring (bicyclic) bond motifs is 6. The predicted octanol–water partition coefficient (Wildman–Crippen LogP) is 11.6. The van der Waals surface area contributed by atoms with Crippen LogP contribution in [-0.2, 0) is 19.5 Å². The Balaban J connectivity index is 0.000000141. The predicted molar refractivity (Wildman–Crippen MR) is 227 cm³/mol. The molecular formula is C45H36N8RuS2+3. The summed E-state index contributed by atoms with van der Waals surface area (Å²) >= 11 is 3.51. The SMILES string of the molecule is Cc1cccc(-c2cccc(C)n2)n1.Cc1cccc(-c2cccc(C)n2)n1.[Ru+3].c1csc(-c2ccc(-c3nc4c5cccnc5c5ncccc5c4[nH]3)s2)c1. The Labute approximate surface area is 345 Å². The topological polar surface area (TPSA) is 106 Å². The molecule has 0 unspecified atom stereocenters. The molecule has 0 bridgehead atoms. The van der Waals surface area contributed by atoms with Gasteiger partial charge in [-0.05, 0) is 124 Å². The third kappa shape index (κ3) is 8.50. The number of hydrogen-bond acceptors (Lipinski definition) is 9. The number of H-pyrrole nitrogens is 1. The van der Waals surface area contributed by atoms with E-state index in [0.29, 0.717) is 0 Å². The first-order chi connectivity index (χ1) is 26.9. The largest absolute Gasteiger partial charge is 3.00 e. The molecule has 11 heteroatoms. The van der Waals surface area contributed by atoms with Crippen molar-refractivity contribution >= 4 is 55.5 Å². The van der Waals surface area contributed by atoms with Crippen LogP contribution < -0.4 is 0 Å². The van der Waals surface area contributed by atoms with Gasteiger partial charge < -0.3 is 4.98 Å². The summed E-state index contributed by atoms with van der Waals surface area (Å²) in [7, 11) is 0. The van der Waals surface area contributed by atoms with E-state index >= 15 is 0 Å². The molecular weight excluding hydrogens is 818 g/mol. The van der Waals surface area contributed by atoms with Crippen molar-refractivity contribution in [2.45, 2.75) is 27.7 Å². The maximum Gasteiger partial charge on any atom is 3.00 e. The zero-order valence-corrected chi connectivity index (χ0v) is 34.5. The van der Waals surface area contributed by atoms with E-state index in [1.807, 2.05) is 125 Å². The van der Waals surface area contributed by atoms with E-state index in [4.69, 9.17) is 4.98 Å². The fourth-order valence-electron chi connectivity index (χ4n) is 6.22. The molecule has 0 atom stereocenters. The number of rotatable bonds is 4. The van der Waals surface area contributed by atoms with Crippen molar-refractivity contribution in [2.75, 3.05) is 0 Å². The van der Waals surface area contributed by atoms with Gasteiger partial charge in [-0.25, -0.2) is 4.98 Å². The third-order valence-corrected chi connectivity index (χ3v) is 10.9. The maximum absolute atomic E-state index is 4.95.